The van der Waals surface area contributed by atoms with Crippen molar-refractivity contribution in [3.63, 3.8) is 0 Å². The largest absolute Gasteiger partial charge is 0.394 e. The lowest BCUT2D eigenvalue weighted by Gasteiger charge is -2.06. The molecule has 2 aromatic heterocycles. The third kappa shape index (κ3) is 2.11. The van der Waals surface area contributed by atoms with Crippen molar-refractivity contribution < 1.29 is 0 Å². The lowest BCUT2D eigenvalue weighted by Crippen LogP contribution is -2.06. The van der Waals surface area contributed by atoms with Crippen LogP contribution in [0.3, 0.4) is 0 Å². The smallest absolute Gasteiger partial charge is 0.148 e. The number of aromatic nitrogens is 4. The molecule has 0 aliphatic carbocycles. The second-order valence-electron chi connectivity index (χ2n) is 4.24. The lowest BCUT2D eigenvalue weighted by atomic mass is 10.2. The van der Waals surface area contributed by atoms with Crippen molar-refractivity contribution in [1.82, 2.24) is 19.6 Å². The Morgan fingerprint density at radius 2 is 1.94 bits per heavy atom. The minimum absolute atomic E-state index is 0.697. The molecule has 6 heteroatoms. The molecule has 92 valence electrons. The Bertz CT molecular complexity index is 536. The Hall–Kier alpha value is -1.98. The van der Waals surface area contributed by atoms with Crippen molar-refractivity contribution in [2.24, 2.45) is 14.1 Å². The Labute approximate surface area is 100 Å². The third-order valence-corrected chi connectivity index (χ3v) is 2.83. The van der Waals surface area contributed by atoms with Crippen LogP contribution in [-0.2, 0) is 20.6 Å². The molecule has 0 saturated heterocycles. The Balaban J connectivity index is 2.15. The first-order valence-electron chi connectivity index (χ1n) is 5.51. The minimum atomic E-state index is 0.697. The standard InChI is InChI=1S/C11H18N6/c1-7-9(6-16(3)14-7)5-13-11-10(12)8(2)15-17(11)4/h6,13H,5,12H2,1-4H3. The van der Waals surface area contributed by atoms with Gasteiger partial charge in [0, 0.05) is 32.4 Å². The van der Waals surface area contributed by atoms with Gasteiger partial charge in [0.25, 0.3) is 0 Å². The fraction of sp³-hybridized carbons (Fsp3) is 0.455. The topological polar surface area (TPSA) is 73.7 Å². The van der Waals surface area contributed by atoms with E-state index in [1.54, 1.807) is 4.68 Å². The molecular weight excluding hydrogens is 216 g/mol. The highest BCUT2D eigenvalue weighted by molar-refractivity contribution is 5.64. The molecule has 0 atom stereocenters. The predicted octanol–water partition coefficient (Wildman–Crippen LogP) is 0.965. The molecule has 3 N–H and O–H groups in total. The van der Waals surface area contributed by atoms with Crippen LogP contribution in [0.15, 0.2) is 6.20 Å². The van der Waals surface area contributed by atoms with E-state index in [1.165, 1.54) is 0 Å². The molecule has 0 unspecified atom stereocenters. The van der Waals surface area contributed by atoms with E-state index in [1.807, 2.05) is 38.8 Å². The molecule has 0 spiro atoms. The summed E-state index contributed by atoms with van der Waals surface area (Å²) in [6, 6.07) is 0. The first-order chi connectivity index (χ1) is 7.99. The van der Waals surface area contributed by atoms with Crippen molar-refractivity contribution in [2.75, 3.05) is 11.1 Å². The molecule has 0 aromatic carbocycles. The molecule has 2 aromatic rings. The molecule has 0 aliphatic rings. The van der Waals surface area contributed by atoms with Crippen molar-refractivity contribution in [2.45, 2.75) is 20.4 Å². The second kappa shape index (κ2) is 4.12. The molecule has 0 radical (unpaired) electrons. The van der Waals surface area contributed by atoms with E-state index < -0.39 is 0 Å². The second-order valence-corrected chi connectivity index (χ2v) is 4.24. The average Bonchev–Trinajstić information content (AvgIpc) is 2.67. The summed E-state index contributed by atoms with van der Waals surface area (Å²) >= 11 is 0. The molecule has 0 fully saturated rings. The van der Waals surface area contributed by atoms with Gasteiger partial charge in [-0.05, 0) is 13.8 Å². The number of aryl methyl sites for hydroxylation is 4. The van der Waals surface area contributed by atoms with E-state index in [-0.39, 0.29) is 0 Å². The molecule has 0 aliphatic heterocycles. The summed E-state index contributed by atoms with van der Waals surface area (Å²) < 4.78 is 3.57. The fourth-order valence-electron chi connectivity index (χ4n) is 1.89. The fourth-order valence-corrected chi connectivity index (χ4v) is 1.89. The number of anilines is 2. The number of hydrogen-bond acceptors (Lipinski definition) is 4. The maximum atomic E-state index is 5.94. The van der Waals surface area contributed by atoms with E-state index in [9.17, 15) is 0 Å². The molecule has 0 saturated carbocycles. The summed E-state index contributed by atoms with van der Waals surface area (Å²) in [5, 5.41) is 11.8. The zero-order chi connectivity index (χ0) is 12.6. The van der Waals surface area contributed by atoms with Gasteiger partial charge in [-0.2, -0.15) is 10.2 Å². The monoisotopic (exact) mass is 234 g/mol. The number of rotatable bonds is 3. The van der Waals surface area contributed by atoms with Gasteiger partial charge >= 0.3 is 0 Å². The van der Waals surface area contributed by atoms with Gasteiger partial charge in [-0.15, -0.1) is 0 Å². The molecule has 0 bridgehead atoms. The van der Waals surface area contributed by atoms with Gasteiger partial charge in [0.05, 0.1) is 17.1 Å². The first kappa shape index (κ1) is 11.5. The summed E-state index contributed by atoms with van der Waals surface area (Å²) in [5.74, 6) is 0.853. The molecule has 2 heterocycles. The normalized spacial score (nSPS) is 10.8. The van der Waals surface area contributed by atoms with Crippen LogP contribution in [-0.4, -0.2) is 19.6 Å². The van der Waals surface area contributed by atoms with Crippen molar-refractivity contribution in [1.29, 1.82) is 0 Å². The van der Waals surface area contributed by atoms with Crippen molar-refractivity contribution in [3.8, 4) is 0 Å². The van der Waals surface area contributed by atoms with Crippen LogP contribution in [0, 0.1) is 13.8 Å². The van der Waals surface area contributed by atoms with E-state index in [4.69, 9.17) is 5.73 Å². The van der Waals surface area contributed by atoms with E-state index in [0.717, 1.165) is 22.8 Å². The number of hydrogen-bond donors (Lipinski definition) is 2. The van der Waals surface area contributed by atoms with Crippen LogP contribution in [0.5, 0.6) is 0 Å². The molecule has 17 heavy (non-hydrogen) atoms. The van der Waals surface area contributed by atoms with Gasteiger partial charge in [-0.3, -0.25) is 9.36 Å². The quantitative estimate of drug-likeness (QED) is 0.829. The van der Waals surface area contributed by atoms with Gasteiger partial charge in [0.2, 0.25) is 0 Å². The Morgan fingerprint density at radius 3 is 2.41 bits per heavy atom. The van der Waals surface area contributed by atoms with Crippen LogP contribution < -0.4 is 11.1 Å². The summed E-state index contributed by atoms with van der Waals surface area (Å²) in [6.45, 7) is 4.59. The van der Waals surface area contributed by atoms with Gasteiger partial charge in [0.1, 0.15) is 5.82 Å². The van der Waals surface area contributed by atoms with Crippen LogP contribution >= 0.6 is 0 Å². The maximum absolute atomic E-state index is 5.94. The van der Waals surface area contributed by atoms with Gasteiger partial charge < -0.3 is 11.1 Å². The number of nitrogens with one attached hydrogen (secondary N) is 1. The SMILES string of the molecule is Cc1nn(C)cc1CNc1c(N)c(C)nn1C. The van der Waals surface area contributed by atoms with E-state index in [0.29, 0.717) is 12.2 Å². The minimum Gasteiger partial charge on any atom is -0.394 e. The average molecular weight is 234 g/mol. The highest BCUT2D eigenvalue weighted by Crippen LogP contribution is 2.21. The van der Waals surface area contributed by atoms with E-state index in [2.05, 4.69) is 15.5 Å². The highest BCUT2D eigenvalue weighted by atomic mass is 15.3. The van der Waals surface area contributed by atoms with Gasteiger partial charge in [0.15, 0.2) is 0 Å². The summed E-state index contributed by atoms with van der Waals surface area (Å²) in [4.78, 5) is 0. The van der Waals surface area contributed by atoms with Crippen molar-refractivity contribution in [3.05, 3.63) is 23.1 Å². The molecule has 6 nitrogen and oxygen atoms in total. The predicted molar refractivity (Wildman–Crippen MR) is 67.6 cm³/mol. The van der Waals surface area contributed by atoms with Gasteiger partial charge in [-0.1, -0.05) is 0 Å². The van der Waals surface area contributed by atoms with Crippen LogP contribution in [0.4, 0.5) is 11.5 Å². The zero-order valence-corrected chi connectivity index (χ0v) is 10.7. The third-order valence-electron chi connectivity index (χ3n) is 2.83. The Kier molecular flexibility index (Phi) is 2.79. The molecule has 0 amide bonds. The van der Waals surface area contributed by atoms with Crippen LogP contribution in [0.1, 0.15) is 17.0 Å². The molecular formula is C11H18N6. The van der Waals surface area contributed by atoms with Crippen LogP contribution in [0.2, 0.25) is 0 Å². The summed E-state index contributed by atoms with van der Waals surface area (Å²) in [5.41, 5.74) is 9.68. The highest BCUT2D eigenvalue weighted by Gasteiger charge is 2.10. The lowest BCUT2D eigenvalue weighted by molar-refractivity contribution is 0.755. The zero-order valence-electron chi connectivity index (χ0n) is 10.7. The number of nitrogens with zero attached hydrogens (tertiary/aromatic N) is 4. The van der Waals surface area contributed by atoms with E-state index >= 15 is 0 Å². The van der Waals surface area contributed by atoms with Crippen LogP contribution in [0.25, 0.3) is 0 Å². The maximum Gasteiger partial charge on any atom is 0.148 e. The summed E-state index contributed by atoms with van der Waals surface area (Å²) in [6.07, 6.45) is 2.00. The first-order valence-corrected chi connectivity index (χ1v) is 5.51. The number of nitrogen functional groups attached to an aromatic ring is 1. The van der Waals surface area contributed by atoms with Crippen molar-refractivity contribution >= 4 is 11.5 Å². The number of nitrogens with two attached hydrogens (primary N) is 1. The van der Waals surface area contributed by atoms with Gasteiger partial charge in [-0.25, -0.2) is 0 Å². The Morgan fingerprint density at radius 1 is 1.24 bits per heavy atom. The molecule has 2 rings (SSSR count). The summed E-state index contributed by atoms with van der Waals surface area (Å²) in [7, 11) is 3.79.